The van der Waals surface area contributed by atoms with E-state index >= 15 is 0 Å². The Balaban J connectivity index is 2.26. The zero-order valence-corrected chi connectivity index (χ0v) is 8.59. The van der Waals surface area contributed by atoms with Crippen LogP contribution in [0.15, 0.2) is 54.7 Å². The van der Waals surface area contributed by atoms with E-state index in [0.717, 1.165) is 16.6 Å². The smallest absolute Gasteiger partial charge is 0.117 e. The molecule has 0 aliphatic carbocycles. The van der Waals surface area contributed by atoms with Gasteiger partial charge in [-0.05, 0) is 36.4 Å². The van der Waals surface area contributed by atoms with Crippen molar-refractivity contribution < 1.29 is 5.11 Å². The summed E-state index contributed by atoms with van der Waals surface area (Å²) in [6, 6.07) is 18.2. The van der Waals surface area contributed by atoms with Crippen LogP contribution in [0.25, 0.3) is 16.6 Å². The molecule has 3 rings (SSSR count). The van der Waals surface area contributed by atoms with E-state index in [1.165, 1.54) is 0 Å². The van der Waals surface area contributed by atoms with Gasteiger partial charge in [-0.15, -0.1) is 0 Å². The number of fused-ring (bicyclic) bond motifs is 1. The number of aromatic hydroxyl groups is 1. The molecule has 2 nitrogen and oxygen atoms in total. The molecule has 0 bridgehead atoms. The third-order valence-corrected chi connectivity index (χ3v) is 2.64. The first-order valence-electron chi connectivity index (χ1n) is 5.11. The highest BCUT2D eigenvalue weighted by Crippen LogP contribution is 2.22. The van der Waals surface area contributed by atoms with Crippen LogP contribution in [-0.4, -0.2) is 9.67 Å². The SMILES string of the molecule is Oc1cccc(-n2ccc3c[c]ccc32)c1. The molecule has 3 aromatic rings. The number of rotatable bonds is 1. The van der Waals surface area contributed by atoms with Gasteiger partial charge in [0.05, 0.1) is 5.52 Å². The lowest BCUT2D eigenvalue weighted by molar-refractivity contribution is 0.475. The third kappa shape index (κ3) is 1.36. The van der Waals surface area contributed by atoms with E-state index in [9.17, 15) is 5.11 Å². The maximum atomic E-state index is 9.46. The molecule has 0 fully saturated rings. The summed E-state index contributed by atoms with van der Waals surface area (Å²) in [4.78, 5) is 0. The number of phenolic OH excluding ortho intramolecular Hbond substituents is 1. The third-order valence-electron chi connectivity index (χ3n) is 2.64. The van der Waals surface area contributed by atoms with Crippen LogP contribution in [0.2, 0.25) is 0 Å². The van der Waals surface area contributed by atoms with Crippen LogP contribution in [0.5, 0.6) is 5.75 Å². The molecule has 1 heterocycles. The molecular weight excluding hydrogens is 198 g/mol. The lowest BCUT2D eigenvalue weighted by atomic mass is 10.2. The molecule has 0 aliphatic heterocycles. The van der Waals surface area contributed by atoms with E-state index in [1.807, 2.05) is 47.2 Å². The Hall–Kier alpha value is -2.22. The van der Waals surface area contributed by atoms with Gasteiger partial charge in [0.1, 0.15) is 5.75 Å². The predicted molar refractivity (Wildman–Crippen MR) is 63.8 cm³/mol. The fourth-order valence-electron chi connectivity index (χ4n) is 1.89. The zero-order chi connectivity index (χ0) is 11.0. The molecule has 0 aliphatic rings. The number of nitrogens with zero attached hydrogens (tertiary/aromatic N) is 1. The van der Waals surface area contributed by atoms with Crippen molar-refractivity contribution in [1.82, 2.24) is 4.57 Å². The molecule has 77 valence electrons. The van der Waals surface area contributed by atoms with Crippen molar-refractivity contribution in [2.24, 2.45) is 0 Å². The lowest BCUT2D eigenvalue weighted by Gasteiger charge is -2.05. The van der Waals surface area contributed by atoms with Gasteiger partial charge in [-0.25, -0.2) is 0 Å². The summed E-state index contributed by atoms with van der Waals surface area (Å²) in [5.74, 6) is 0.279. The minimum atomic E-state index is 0.279. The average molecular weight is 208 g/mol. The van der Waals surface area contributed by atoms with E-state index in [2.05, 4.69) is 6.07 Å². The van der Waals surface area contributed by atoms with Crippen molar-refractivity contribution in [3.8, 4) is 11.4 Å². The van der Waals surface area contributed by atoms with Crippen LogP contribution in [0.4, 0.5) is 0 Å². The van der Waals surface area contributed by atoms with Crippen molar-refractivity contribution in [2.75, 3.05) is 0 Å². The Bertz CT molecular complexity index is 640. The van der Waals surface area contributed by atoms with Gasteiger partial charge in [-0.3, -0.25) is 0 Å². The monoisotopic (exact) mass is 208 g/mol. The number of benzene rings is 2. The second kappa shape index (κ2) is 3.42. The van der Waals surface area contributed by atoms with E-state index < -0.39 is 0 Å². The van der Waals surface area contributed by atoms with Crippen LogP contribution < -0.4 is 0 Å². The van der Waals surface area contributed by atoms with Crippen molar-refractivity contribution in [3.05, 3.63) is 60.8 Å². The zero-order valence-electron chi connectivity index (χ0n) is 8.59. The quantitative estimate of drug-likeness (QED) is 0.653. The van der Waals surface area contributed by atoms with Crippen LogP contribution in [0, 0.1) is 6.07 Å². The average Bonchev–Trinajstić information content (AvgIpc) is 2.72. The minimum Gasteiger partial charge on any atom is -0.508 e. The summed E-state index contributed by atoms with van der Waals surface area (Å²) in [6.07, 6.45) is 1.99. The normalized spacial score (nSPS) is 10.8. The first-order chi connectivity index (χ1) is 7.84. The van der Waals surface area contributed by atoms with Gasteiger partial charge in [0.15, 0.2) is 0 Å². The van der Waals surface area contributed by atoms with Gasteiger partial charge in [0.2, 0.25) is 0 Å². The van der Waals surface area contributed by atoms with Gasteiger partial charge in [-0.1, -0.05) is 12.1 Å². The molecule has 0 saturated heterocycles. The second-order valence-corrected chi connectivity index (χ2v) is 3.69. The first kappa shape index (κ1) is 9.04. The molecule has 16 heavy (non-hydrogen) atoms. The molecule has 0 saturated carbocycles. The Morgan fingerprint density at radius 1 is 1.12 bits per heavy atom. The number of phenols is 1. The van der Waals surface area contributed by atoms with Crippen LogP contribution in [-0.2, 0) is 0 Å². The molecular formula is C14H10NO. The fourth-order valence-corrected chi connectivity index (χ4v) is 1.89. The van der Waals surface area contributed by atoms with Gasteiger partial charge in [0, 0.05) is 23.3 Å². The Kier molecular flexibility index (Phi) is 1.93. The summed E-state index contributed by atoms with van der Waals surface area (Å²) < 4.78 is 2.04. The molecule has 0 spiro atoms. The predicted octanol–water partition coefficient (Wildman–Crippen LogP) is 3.14. The standard InChI is InChI=1S/C14H10NO/c16-13-6-3-5-12(10-13)15-9-8-11-4-1-2-7-14(11)15/h2-10,16H. The summed E-state index contributed by atoms with van der Waals surface area (Å²) in [5.41, 5.74) is 2.07. The highest BCUT2D eigenvalue weighted by molar-refractivity contribution is 5.81. The largest absolute Gasteiger partial charge is 0.508 e. The summed E-state index contributed by atoms with van der Waals surface area (Å²) in [5, 5.41) is 10.6. The van der Waals surface area contributed by atoms with Crippen molar-refractivity contribution >= 4 is 10.9 Å². The summed E-state index contributed by atoms with van der Waals surface area (Å²) in [7, 11) is 0. The minimum absolute atomic E-state index is 0.279. The molecule has 1 radical (unpaired) electrons. The number of hydrogen-bond acceptors (Lipinski definition) is 1. The van der Waals surface area contributed by atoms with Crippen LogP contribution >= 0.6 is 0 Å². The maximum absolute atomic E-state index is 9.46. The molecule has 0 amide bonds. The van der Waals surface area contributed by atoms with Crippen LogP contribution in [0.3, 0.4) is 0 Å². The maximum Gasteiger partial charge on any atom is 0.117 e. The molecule has 1 aromatic heterocycles. The van der Waals surface area contributed by atoms with Crippen LogP contribution in [0.1, 0.15) is 0 Å². The topological polar surface area (TPSA) is 25.2 Å². The molecule has 2 heteroatoms. The highest BCUT2D eigenvalue weighted by Gasteiger charge is 2.02. The second-order valence-electron chi connectivity index (χ2n) is 3.69. The van der Waals surface area contributed by atoms with E-state index in [0.29, 0.717) is 0 Å². The number of hydrogen-bond donors (Lipinski definition) is 1. The highest BCUT2D eigenvalue weighted by atomic mass is 16.3. The lowest BCUT2D eigenvalue weighted by Crippen LogP contribution is -1.90. The van der Waals surface area contributed by atoms with Gasteiger partial charge in [0.25, 0.3) is 0 Å². The van der Waals surface area contributed by atoms with Crippen molar-refractivity contribution in [3.63, 3.8) is 0 Å². The summed E-state index contributed by atoms with van der Waals surface area (Å²) in [6.45, 7) is 0. The molecule has 0 unspecified atom stereocenters. The fraction of sp³-hybridized carbons (Fsp3) is 0. The molecule has 2 aromatic carbocycles. The first-order valence-corrected chi connectivity index (χ1v) is 5.11. The molecule has 1 N–H and O–H groups in total. The van der Waals surface area contributed by atoms with E-state index in [1.54, 1.807) is 12.1 Å². The summed E-state index contributed by atoms with van der Waals surface area (Å²) >= 11 is 0. The number of aromatic nitrogens is 1. The molecule has 0 atom stereocenters. The van der Waals surface area contributed by atoms with E-state index in [4.69, 9.17) is 0 Å². The van der Waals surface area contributed by atoms with Crippen molar-refractivity contribution in [2.45, 2.75) is 0 Å². The van der Waals surface area contributed by atoms with Gasteiger partial charge in [-0.2, -0.15) is 0 Å². The van der Waals surface area contributed by atoms with E-state index in [-0.39, 0.29) is 5.75 Å². The Morgan fingerprint density at radius 2 is 2.06 bits per heavy atom. The van der Waals surface area contributed by atoms with Gasteiger partial charge >= 0.3 is 0 Å². The Labute approximate surface area is 93.4 Å². The van der Waals surface area contributed by atoms with Gasteiger partial charge < -0.3 is 9.67 Å². The Morgan fingerprint density at radius 3 is 2.94 bits per heavy atom. The van der Waals surface area contributed by atoms with Crippen molar-refractivity contribution in [1.29, 1.82) is 0 Å².